The normalized spacial score (nSPS) is 19.1. The number of piperidine rings is 1. The van der Waals surface area contributed by atoms with Gasteiger partial charge in [0.25, 0.3) is 5.56 Å². The van der Waals surface area contributed by atoms with Gasteiger partial charge in [0.05, 0.1) is 5.69 Å². The summed E-state index contributed by atoms with van der Waals surface area (Å²) in [6.45, 7) is 5.63. The minimum atomic E-state index is 0.0184. The number of fused-ring (bicyclic) bond motifs is 1. The Morgan fingerprint density at radius 2 is 2.33 bits per heavy atom. The number of hydrogen-bond acceptors (Lipinski definition) is 6. The van der Waals surface area contributed by atoms with E-state index in [4.69, 9.17) is 0 Å². The van der Waals surface area contributed by atoms with Gasteiger partial charge in [-0.1, -0.05) is 0 Å². The molecule has 8 heteroatoms. The summed E-state index contributed by atoms with van der Waals surface area (Å²) in [6, 6.07) is 1.67. The Hall–Kier alpha value is -2.06. The Labute approximate surface area is 143 Å². The molecule has 1 aliphatic rings. The molecule has 0 aliphatic carbocycles. The molecule has 0 N–H and O–H groups in total. The van der Waals surface area contributed by atoms with Crippen molar-refractivity contribution < 1.29 is 0 Å². The lowest BCUT2D eigenvalue weighted by Crippen LogP contribution is -2.37. The van der Waals surface area contributed by atoms with Gasteiger partial charge in [0.1, 0.15) is 12.7 Å². The molecule has 126 valence electrons. The van der Waals surface area contributed by atoms with Gasteiger partial charge in [-0.05, 0) is 32.2 Å². The first-order valence-corrected chi connectivity index (χ1v) is 9.08. The molecule has 0 amide bonds. The third kappa shape index (κ3) is 3.11. The summed E-state index contributed by atoms with van der Waals surface area (Å²) in [7, 11) is 0. The van der Waals surface area contributed by atoms with Crippen molar-refractivity contribution in [1.29, 1.82) is 0 Å². The van der Waals surface area contributed by atoms with E-state index in [1.54, 1.807) is 23.1 Å². The van der Waals surface area contributed by atoms with E-state index in [-0.39, 0.29) is 5.56 Å². The Morgan fingerprint density at radius 1 is 1.42 bits per heavy atom. The van der Waals surface area contributed by atoms with Crippen molar-refractivity contribution in [3.05, 3.63) is 45.8 Å². The molecule has 4 heterocycles. The molecule has 7 nitrogen and oxygen atoms in total. The van der Waals surface area contributed by atoms with Crippen LogP contribution in [0, 0.1) is 12.8 Å². The molecule has 0 bridgehead atoms. The van der Waals surface area contributed by atoms with Crippen LogP contribution >= 0.6 is 11.3 Å². The second kappa shape index (κ2) is 6.45. The van der Waals surface area contributed by atoms with E-state index in [1.165, 1.54) is 24.2 Å². The second-order valence-corrected chi connectivity index (χ2v) is 7.28. The minimum Gasteiger partial charge on any atom is -0.297 e. The zero-order chi connectivity index (χ0) is 16.5. The largest absolute Gasteiger partial charge is 0.297 e. The topological polar surface area (TPSA) is 68.3 Å². The van der Waals surface area contributed by atoms with Crippen molar-refractivity contribution in [2.45, 2.75) is 32.9 Å². The predicted octanol–water partition coefficient (Wildman–Crippen LogP) is 1.57. The van der Waals surface area contributed by atoms with E-state index in [0.717, 1.165) is 42.5 Å². The molecule has 1 atom stereocenters. The summed E-state index contributed by atoms with van der Waals surface area (Å²) in [6.07, 6.45) is 5.72. The number of rotatable bonds is 4. The molecule has 3 aromatic rings. The fraction of sp³-hybridized carbons (Fsp3) is 0.500. The summed E-state index contributed by atoms with van der Waals surface area (Å²) in [5.41, 5.74) is 1.83. The van der Waals surface area contributed by atoms with E-state index in [0.29, 0.717) is 5.92 Å². The number of likely N-dealkylation sites (tertiary alicyclic amines) is 1. The molecule has 3 aromatic heterocycles. The maximum Gasteiger partial charge on any atom is 0.259 e. The maximum atomic E-state index is 12.3. The summed E-state index contributed by atoms with van der Waals surface area (Å²) in [4.78, 5) is 24.1. The van der Waals surface area contributed by atoms with Gasteiger partial charge in [-0.15, -0.1) is 11.3 Å². The first-order chi connectivity index (χ1) is 11.7. The van der Waals surface area contributed by atoms with Crippen LogP contribution in [0.2, 0.25) is 0 Å². The van der Waals surface area contributed by atoms with Crippen LogP contribution in [0.5, 0.6) is 0 Å². The third-order valence-electron chi connectivity index (χ3n) is 4.53. The fourth-order valence-corrected chi connectivity index (χ4v) is 4.34. The number of aromatic nitrogens is 5. The molecular weight excluding hydrogens is 324 g/mol. The quantitative estimate of drug-likeness (QED) is 0.719. The lowest BCUT2D eigenvalue weighted by Gasteiger charge is -2.32. The summed E-state index contributed by atoms with van der Waals surface area (Å²) < 4.78 is 3.58. The van der Waals surface area contributed by atoms with E-state index in [2.05, 4.69) is 20.0 Å². The van der Waals surface area contributed by atoms with E-state index in [9.17, 15) is 4.79 Å². The van der Waals surface area contributed by atoms with Gasteiger partial charge in [0.2, 0.25) is 0 Å². The highest BCUT2D eigenvalue weighted by Gasteiger charge is 2.21. The second-order valence-electron chi connectivity index (χ2n) is 6.44. The molecule has 24 heavy (non-hydrogen) atoms. The monoisotopic (exact) mass is 344 g/mol. The van der Waals surface area contributed by atoms with Gasteiger partial charge in [-0.25, -0.2) is 9.97 Å². The number of aryl methyl sites for hydroxylation is 1. The Balaban J connectivity index is 1.47. The predicted molar refractivity (Wildman–Crippen MR) is 92.1 cm³/mol. The standard InChI is InChI=1S/C16H20N6OS/c1-12-9-24-16-19-14(5-15(23)22(12)16)8-20-4-2-3-13(6-20)7-21-11-17-10-18-21/h5,9-11,13H,2-4,6-8H2,1H3/t13-/m0/s1. The molecule has 0 spiro atoms. The highest BCUT2D eigenvalue weighted by molar-refractivity contribution is 7.15. The number of hydrogen-bond donors (Lipinski definition) is 0. The van der Waals surface area contributed by atoms with E-state index >= 15 is 0 Å². The molecule has 1 fully saturated rings. The Morgan fingerprint density at radius 3 is 3.17 bits per heavy atom. The van der Waals surface area contributed by atoms with Gasteiger partial charge in [0.15, 0.2) is 4.96 Å². The Kier molecular flexibility index (Phi) is 4.15. The average molecular weight is 344 g/mol. The lowest BCUT2D eigenvalue weighted by atomic mass is 9.98. The smallest absolute Gasteiger partial charge is 0.259 e. The molecule has 1 aliphatic heterocycles. The van der Waals surface area contributed by atoms with Crippen LogP contribution in [-0.4, -0.2) is 42.1 Å². The summed E-state index contributed by atoms with van der Waals surface area (Å²) >= 11 is 1.52. The summed E-state index contributed by atoms with van der Waals surface area (Å²) in [5, 5.41) is 6.17. The average Bonchev–Trinajstić information content (AvgIpc) is 3.18. The minimum absolute atomic E-state index is 0.0184. The molecule has 4 rings (SSSR count). The molecule has 0 aromatic carbocycles. The van der Waals surface area contributed by atoms with Crippen molar-refractivity contribution in [1.82, 2.24) is 29.0 Å². The highest BCUT2D eigenvalue weighted by Crippen LogP contribution is 2.20. The SMILES string of the molecule is Cc1csc2nc(CN3CCC[C@H](Cn4cncn4)C3)cc(=O)n12. The van der Waals surface area contributed by atoms with Crippen molar-refractivity contribution in [3.8, 4) is 0 Å². The lowest BCUT2D eigenvalue weighted by molar-refractivity contribution is 0.152. The first-order valence-electron chi connectivity index (χ1n) is 8.20. The van der Waals surface area contributed by atoms with Crippen LogP contribution in [0.15, 0.2) is 28.9 Å². The number of nitrogens with zero attached hydrogens (tertiary/aromatic N) is 6. The highest BCUT2D eigenvalue weighted by atomic mass is 32.1. The van der Waals surface area contributed by atoms with Crippen LogP contribution in [0.3, 0.4) is 0 Å². The first kappa shape index (κ1) is 15.5. The van der Waals surface area contributed by atoms with Gasteiger partial charge in [-0.2, -0.15) is 5.10 Å². The van der Waals surface area contributed by atoms with Gasteiger partial charge in [0, 0.05) is 36.8 Å². The molecule has 1 saturated heterocycles. The van der Waals surface area contributed by atoms with Gasteiger partial charge >= 0.3 is 0 Å². The van der Waals surface area contributed by atoms with Crippen molar-refractivity contribution >= 4 is 16.3 Å². The third-order valence-corrected chi connectivity index (χ3v) is 5.47. The molecule has 0 saturated carbocycles. The van der Waals surface area contributed by atoms with Gasteiger partial charge in [-0.3, -0.25) is 18.8 Å². The molecule has 0 radical (unpaired) electrons. The van der Waals surface area contributed by atoms with Crippen LogP contribution < -0.4 is 5.56 Å². The molecular formula is C16H20N6OS. The van der Waals surface area contributed by atoms with Crippen molar-refractivity contribution in [3.63, 3.8) is 0 Å². The van der Waals surface area contributed by atoms with Gasteiger partial charge < -0.3 is 0 Å². The van der Waals surface area contributed by atoms with E-state index < -0.39 is 0 Å². The van der Waals surface area contributed by atoms with E-state index in [1.807, 2.05) is 17.0 Å². The molecule has 0 unspecified atom stereocenters. The van der Waals surface area contributed by atoms with Crippen LogP contribution in [0.4, 0.5) is 0 Å². The van der Waals surface area contributed by atoms with Crippen molar-refractivity contribution in [2.75, 3.05) is 13.1 Å². The zero-order valence-electron chi connectivity index (χ0n) is 13.6. The van der Waals surface area contributed by atoms with Crippen LogP contribution in [0.25, 0.3) is 4.96 Å². The van der Waals surface area contributed by atoms with Crippen molar-refractivity contribution in [2.24, 2.45) is 5.92 Å². The number of thiazole rings is 1. The zero-order valence-corrected chi connectivity index (χ0v) is 14.4. The maximum absolute atomic E-state index is 12.3. The van der Waals surface area contributed by atoms with Crippen LogP contribution in [0.1, 0.15) is 24.2 Å². The summed E-state index contributed by atoms with van der Waals surface area (Å²) in [5.74, 6) is 0.564. The fourth-order valence-electron chi connectivity index (χ4n) is 3.45. The van der Waals surface area contributed by atoms with Crippen LogP contribution in [-0.2, 0) is 13.1 Å². The Bertz CT molecular complexity index is 884.